The van der Waals surface area contributed by atoms with E-state index in [4.69, 9.17) is 4.74 Å². The summed E-state index contributed by atoms with van der Waals surface area (Å²) >= 11 is 0. The molecule has 7 nitrogen and oxygen atoms in total. The van der Waals surface area contributed by atoms with Crippen molar-refractivity contribution >= 4 is 17.8 Å². The zero-order valence-electron chi connectivity index (χ0n) is 19.0. The van der Waals surface area contributed by atoms with Crippen LogP contribution in [0.4, 0.5) is 0 Å². The van der Waals surface area contributed by atoms with Gasteiger partial charge in [-0.25, -0.2) is 4.79 Å². The highest BCUT2D eigenvalue weighted by Crippen LogP contribution is 2.45. The van der Waals surface area contributed by atoms with E-state index in [0.29, 0.717) is 12.8 Å². The van der Waals surface area contributed by atoms with Crippen molar-refractivity contribution in [2.45, 2.75) is 58.4 Å². The van der Waals surface area contributed by atoms with E-state index in [0.717, 1.165) is 16.0 Å². The molecule has 2 N–H and O–H groups in total. The SMILES string of the molecule is CC[C@@H](C)[C@@]1(C(=O)OCc2ccccc2)CC(O)N(C(CCc2ccccc2)C(=O)O)C1=O. The second kappa shape index (κ2) is 10.6. The number of rotatable bonds is 10. The highest BCUT2D eigenvalue weighted by molar-refractivity contribution is 6.05. The molecule has 4 atom stereocenters. The molecule has 0 saturated carbocycles. The van der Waals surface area contributed by atoms with Gasteiger partial charge >= 0.3 is 11.9 Å². The van der Waals surface area contributed by atoms with Crippen molar-refractivity contribution in [1.29, 1.82) is 0 Å². The summed E-state index contributed by atoms with van der Waals surface area (Å²) in [5, 5.41) is 20.7. The normalized spacial score (nSPS) is 22.1. The minimum atomic E-state index is -1.62. The second-order valence-electron chi connectivity index (χ2n) is 8.62. The summed E-state index contributed by atoms with van der Waals surface area (Å²) < 4.78 is 5.53. The van der Waals surface area contributed by atoms with Gasteiger partial charge in [0.2, 0.25) is 5.91 Å². The third-order valence-electron chi connectivity index (χ3n) is 6.64. The van der Waals surface area contributed by atoms with E-state index in [1.807, 2.05) is 67.6 Å². The summed E-state index contributed by atoms with van der Waals surface area (Å²) in [4.78, 5) is 40.0. The van der Waals surface area contributed by atoms with Gasteiger partial charge in [-0.3, -0.25) is 9.59 Å². The van der Waals surface area contributed by atoms with Gasteiger partial charge in [-0.2, -0.15) is 0 Å². The predicted molar refractivity (Wildman–Crippen MR) is 122 cm³/mol. The first-order valence-electron chi connectivity index (χ1n) is 11.3. The summed E-state index contributed by atoms with van der Waals surface area (Å²) in [5.74, 6) is -3.05. The average molecular weight is 454 g/mol. The van der Waals surface area contributed by atoms with Gasteiger partial charge in [0.15, 0.2) is 5.41 Å². The molecule has 1 saturated heterocycles. The minimum absolute atomic E-state index is 0.00238. The molecule has 2 aromatic rings. The number of aliphatic carboxylic acids is 1. The average Bonchev–Trinajstić information content (AvgIpc) is 3.09. The maximum atomic E-state index is 13.7. The fraction of sp³-hybridized carbons (Fsp3) is 0.423. The van der Waals surface area contributed by atoms with Gasteiger partial charge in [0.1, 0.15) is 18.9 Å². The molecule has 1 amide bonds. The number of esters is 1. The number of carboxylic acids is 1. The largest absolute Gasteiger partial charge is 0.480 e. The molecular weight excluding hydrogens is 422 g/mol. The number of carbonyl (C=O) groups is 3. The second-order valence-corrected chi connectivity index (χ2v) is 8.62. The number of likely N-dealkylation sites (tertiary alicyclic amines) is 1. The molecule has 1 fully saturated rings. The molecule has 0 aliphatic carbocycles. The van der Waals surface area contributed by atoms with E-state index >= 15 is 0 Å². The lowest BCUT2D eigenvalue weighted by Crippen LogP contribution is -2.51. The molecular formula is C26H31NO6. The van der Waals surface area contributed by atoms with Crippen LogP contribution in [0, 0.1) is 11.3 Å². The van der Waals surface area contributed by atoms with Crippen molar-refractivity contribution in [3.05, 3.63) is 71.8 Å². The number of amides is 1. The van der Waals surface area contributed by atoms with E-state index in [1.54, 1.807) is 6.92 Å². The molecule has 3 rings (SSSR count). The van der Waals surface area contributed by atoms with E-state index < -0.39 is 41.4 Å². The zero-order valence-corrected chi connectivity index (χ0v) is 19.0. The van der Waals surface area contributed by atoms with Gasteiger partial charge in [-0.1, -0.05) is 80.9 Å². The Bertz CT molecular complexity index is 963. The Hall–Kier alpha value is -3.19. The van der Waals surface area contributed by atoms with E-state index in [-0.39, 0.29) is 19.4 Å². The molecule has 1 aliphatic heterocycles. The fourth-order valence-electron chi connectivity index (χ4n) is 4.50. The summed E-state index contributed by atoms with van der Waals surface area (Å²) in [6.07, 6.45) is -0.536. The summed E-state index contributed by atoms with van der Waals surface area (Å²) in [6, 6.07) is 17.2. The van der Waals surface area contributed by atoms with Crippen LogP contribution in [-0.4, -0.2) is 45.2 Å². The molecule has 2 aromatic carbocycles. The van der Waals surface area contributed by atoms with E-state index in [9.17, 15) is 24.6 Å². The number of aryl methyl sites for hydroxylation is 1. The van der Waals surface area contributed by atoms with Crippen molar-refractivity contribution < 1.29 is 29.3 Å². The Kier molecular flexibility index (Phi) is 7.87. The van der Waals surface area contributed by atoms with Crippen LogP contribution >= 0.6 is 0 Å². The van der Waals surface area contributed by atoms with Crippen molar-refractivity contribution in [3.63, 3.8) is 0 Å². The van der Waals surface area contributed by atoms with Crippen LogP contribution in [0.3, 0.4) is 0 Å². The van der Waals surface area contributed by atoms with Gasteiger partial charge < -0.3 is 19.8 Å². The van der Waals surface area contributed by atoms with Crippen molar-refractivity contribution in [3.8, 4) is 0 Å². The number of hydrogen-bond acceptors (Lipinski definition) is 5. The minimum Gasteiger partial charge on any atom is -0.480 e. The van der Waals surface area contributed by atoms with Crippen molar-refractivity contribution in [2.24, 2.45) is 11.3 Å². The number of aliphatic hydroxyl groups excluding tert-OH is 1. The molecule has 0 radical (unpaired) electrons. The van der Waals surface area contributed by atoms with Crippen LogP contribution in [0.25, 0.3) is 0 Å². The molecule has 1 aliphatic rings. The summed E-state index contributed by atoms with van der Waals surface area (Å²) in [6.45, 7) is 3.61. The molecule has 0 aromatic heterocycles. The molecule has 176 valence electrons. The number of carbonyl (C=O) groups excluding carboxylic acids is 2. The number of hydrogen-bond donors (Lipinski definition) is 2. The van der Waals surface area contributed by atoms with Crippen LogP contribution in [0.2, 0.25) is 0 Å². The van der Waals surface area contributed by atoms with Gasteiger partial charge in [0, 0.05) is 6.42 Å². The van der Waals surface area contributed by atoms with Crippen LogP contribution in [0.15, 0.2) is 60.7 Å². The standard InChI is InChI=1S/C26H31NO6/c1-3-18(2)26(25(32)33-17-20-12-8-5-9-13-20)16-22(28)27(24(26)31)21(23(29)30)15-14-19-10-6-4-7-11-19/h4-13,18,21-22,28H,3,14-17H2,1-2H3,(H,29,30)/t18-,21?,22?,26+/m1/s1. The first-order chi connectivity index (χ1) is 15.8. The predicted octanol–water partition coefficient (Wildman–Crippen LogP) is 3.40. The monoisotopic (exact) mass is 453 g/mol. The van der Waals surface area contributed by atoms with Crippen LogP contribution in [0.5, 0.6) is 0 Å². The number of carboxylic acid groups (broad SMARTS) is 1. The topological polar surface area (TPSA) is 104 Å². The molecule has 0 spiro atoms. The maximum absolute atomic E-state index is 13.7. The van der Waals surface area contributed by atoms with Crippen molar-refractivity contribution in [1.82, 2.24) is 4.90 Å². The Morgan fingerprint density at radius 2 is 1.67 bits per heavy atom. The zero-order chi connectivity index (χ0) is 24.0. The van der Waals surface area contributed by atoms with Crippen LogP contribution < -0.4 is 0 Å². The lowest BCUT2D eigenvalue weighted by molar-refractivity contribution is -0.169. The van der Waals surface area contributed by atoms with Crippen molar-refractivity contribution in [2.75, 3.05) is 0 Å². The quantitative estimate of drug-likeness (QED) is 0.422. The van der Waals surface area contributed by atoms with Crippen LogP contribution in [-0.2, 0) is 32.1 Å². The summed E-state index contributed by atoms with van der Waals surface area (Å²) in [5.41, 5.74) is 0.0864. The first-order valence-corrected chi connectivity index (χ1v) is 11.3. The Balaban J connectivity index is 1.84. The third-order valence-corrected chi connectivity index (χ3v) is 6.64. The molecule has 7 heteroatoms. The van der Waals surface area contributed by atoms with Gasteiger partial charge in [0.05, 0.1) is 0 Å². The highest BCUT2D eigenvalue weighted by atomic mass is 16.5. The Morgan fingerprint density at radius 3 is 2.21 bits per heavy atom. The van der Waals surface area contributed by atoms with Crippen LogP contribution in [0.1, 0.15) is 44.2 Å². The number of aliphatic hydroxyl groups is 1. The molecule has 2 unspecified atom stereocenters. The third kappa shape index (κ3) is 5.09. The number of nitrogens with zero attached hydrogens (tertiary/aromatic N) is 1. The van der Waals surface area contributed by atoms with Gasteiger partial charge in [0.25, 0.3) is 0 Å². The fourth-order valence-corrected chi connectivity index (χ4v) is 4.50. The van der Waals surface area contributed by atoms with Gasteiger partial charge in [-0.15, -0.1) is 0 Å². The smallest absolute Gasteiger partial charge is 0.326 e. The summed E-state index contributed by atoms with van der Waals surface area (Å²) in [7, 11) is 0. The lowest BCUT2D eigenvalue weighted by Gasteiger charge is -2.32. The number of benzene rings is 2. The number of ether oxygens (including phenoxy) is 1. The van der Waals surface area contributed by atoms with E-state index in [2.05, 4.69) is 0 Å². The first kappa shape index (κ1) is 24.5. The lowest BCUT2D eigenvalue weighted by atomic mass is 9.73. The maximum Gasteiger partial charge on any atom is 0.326 e. The highest BCUT2D eigenvalue weighted by Gasteiger charge is 2.62. The van der Waals surface area contributed by atoms with E-state index in [1.165, 1.54) is 0 Å². The molecule has 1 heterocycles. The Labute approximate surface area is 194 Å². The van der Waals surface area contributed by atoms with Gasteiger partial charge in [-0.05, 0) is 29.9 Å². The molecule has 33 heavy (non-hydrogen) atoms. The Morgan fingerprint density at radius 1 is 1.09 bits per heavy atom. The molecule has 0 bridgehead atoms.